The van der Waals surface area contributed by atoms with E-state index in [1.807, 2.05) is 0 Å². The molecule has 1 rings (SSSR count). The van der Waals surface area contributed by atoms with E-state index in [1.54, 1.807) is 4.90 Å². The molecule has 6 nitrogen and oxygen atoms in total. The van der Waals surface area contributed by atoms with Gasteiger partial charge in [0.15, 0.2) is 0 Å². The van der Waals surface area contributed by atoms with Crippen LogP contribution >= 0.6 is 0 Å². The van der Waals surface area contributed by atoms with Gasteiger partial charge in [-0.25, -0.2) is 0 Å². The van der Waals surface area contributed by atoms with Crippen molar-refractivity contribution in [3.05, 3.63) is 0 Å². The van der Waals surface area contributed by atoms with Crippen molar-refractivity contribution in [2.24, 2.45) is 5.92 Å². The SMILES string of the molecule is O=C1CC(CO)CN1CCOCCOCCO. The highest BCUT2D eigenvalue weighted by Crippen LogP contribution is 2.16. The number of ether oxygens (including phenoxy) is 2. The summed E-state index contributed by atoms with van der Waals surface area (Å²) in [6, 6.07) is 0. The van der Waals surface area contributed by atoms with Crippen molar-refractivity contribution >= 4 is 5.91 Å². The van der Waals surface area contributed by atoms with Gasteiger partial charge in [0, 0.05) is 32.0 Å². The molecule has 0 spiro atoms. The second-order valence-corrected chi connectivity index (χ2v) is 4.04. The molecule has 17 heavy (non-hydrogen) atoms. The number of rotatable bonds is 9. The molecule has 1 atom stereocenters. The second-order valence-electron chi connectivity index (χ2n) is 4.04. The van der Waals surface area contributed by atoms with Crippen LogP contribution in [0.25, 0.3) is 0 Å². The summed E-state index contributed by atoms with van der Waals surface area (Å²) in [6.45, 7) is 3.00. The van der Waals surface area contributed by atoms with Crippen molar-refractivity contribution in [3.63, 3.8) is 0 Å². The Labute approximate surface area is 101 Å². The van der Waals surface area contributed by atoms with Crippen LogP contribution in [0.15, 0.2) is 0 Å². The lowest BCUT2D eigenvalue weighted by Gasteiger charge is -2.16. The number of amides is 1. The van der Waals surface area contributed by atoms with Crippen molar-refractivity contribution in [1.29, 1.82) is 0 Å². The lowest BCUT2D eigenvalue weighted by molar-refractivity contribution is -0.128. The minimum absolute atomic E-state index is 0.0187. The van der Waals surface area contributed by atoms with Crippen molar-refractivity contribution in [2.75, 3.05) is 52.7 Å². The van der Waals surface area contributed by atoms with Crippen LogP contribution < -0.4 is 0 Å². The molecule has 0 aliphatic carbocycles. The van der Waals surface area contributed by atoms with Gasteiger partial charge in [-0.05, 0) is 0 Å². The molecule has 0 aromatic rings. The summed E-state index contributed by atoms with van der Waals surface area (Å²) in [5, 5.41) is 17.4. The van der Waals surface area contributed by atoms with Crippen LogP contribution in [0, 0.1) is 5.92 Å². The van der Waals surface area contributed by atoms with E-state index in [4.69, 9.17) is 19.7 Å². The summed E-state index contributed by atoms with van der Waals surface area (Å²) in [7, 11) is 0. The maximum absolute atomic E-state index is 11.5. The van der Waals surface area contributed by atoms with E-state index in [-0.39, 0.29) is 25.0 Å². The Morgan fingerprint density at radius 2 is 1.88 bits per heavy atom. The molecule has 1 aliphatic heterocycles. The molecule has 0 bridgehead atoms. The minimum atomic E-state index is 0.0187. The number of hydrogen-bond acceptors (Lipinski definition) is 5. The Bertz CT molecular complexity index is 224. The highest BCUT2D eigenvalue weighted by atomic mass is 16.5. The molecule has 0 radical (unpaired) electrons. The van der Waals surface area contributed by atoms with Crippen LogP contribution in [0.4, 0.5) is 0 Å². The quantitative estimate of drug-likeness (QED) is 0.503. The lowest BCUT2D eigenvalue weighted by atomic mass is 10.1. The van der Waals surface area contributed by atoms with Crippen molar-refractivity contribution in [2.45, 2.75) is 6.42 Å². The van der Waals surface area contributed by atoms with E-state index in [0.717, 1.165) is 0 Å². The molecule has 100 valence electrons. The average Bonchev–Trinajstić information content (AvgIpc) is 2.69. The third-order valence-corrected chi connectivity index (χ3v) is 2.67. The second kappa shape index (κ2) is 8.41. The zero-order chi connectivity index (χ0) is 12.5. The van der Waals surface area contributed by atoms with Gasteiger partial charge in [-0.15, -0.1) is 0 Å². The van der Waals surface area contributed by atoms with Crippen LogP contribution in [-0.4, -0.2) is 73.8 Å². The van der Waals surface area contributed by atoms with E-state index < -0.39 is 0 Å². The first kappa shape index (κ1) is 14.4. The summed E-state index contributed by atoms with van der Waals surface area (Å²) >= 11 is 0. The summed E-state index contributed by atoms with van der Waals surface area (Å²) < 4.78 is 10.3. The van der Waals surface area contributed by atoms with Gasteiger partial charge in [0.2, 0.25) is 5.91 Å². The molecule has 1 saturated heterocycles. The first-order valence-corrected chi connectivity index (χ1v) is 5.93. The molecular weight excluding hydrogens is 226 g/mol. The van der Waals surface area contributed by atoms with Gasteiger partial charge in [0.1, 0.15) is 0 Å². The zero-order valence-electron chi connectivity index (χ0n) is 10.0. The van der Waals surface area contributed by atoms with Crippen LogP contribution in [0.3, 0.4) is 0 Å². The van der Waals surface area contributed by atoms with Crippen molar-refractivity contribution < 1.29 is 24.5 Å². The molecule has 0 aromatic heterocycles. The van der Waals surface area contributed by atoms with Gasteiger partial charge in [-0.1, -0.05) is 0 Å². The van der Waals surface area contributed by atoms with Gasteiger partial charge < -0.3 is 24.6 Å². The maximum Gasteiger partial charge on any atom is 0.223 e. The standard InChI is InChI=1S/C11H21NO5/c13-2-4-17-6-5-16-3-1-12-8-10(9-14)7-11(12)15/h10,13-14H,1-9H2. The van der Waals surface area contributed by atoms with E-state index in [1.165, 1.54) is 0 Å². The number of carbonyl (C=O) groups excluding carboxylic acids is 1. The molecule has 1 unspecified atom stereocenters. The number of hydrogen-bond donors (Lipinski definition) is 2. The summed E-state index contributed by atoms with van der Waals surface area (Å²) in [5.41, 5.74) is 0. The third-order valence-electron chi connectivity index (χ3n) is 2.67. The van der Waals surface area contributed by atoms with E-state index >= 15 is 0 Å². The normalized spacial score (nSPS) is 20.2. The van der Waals surface area contributed by atoms with Crippen LogP contribution in [0.1, 0.15) is 6.42 Å². The third kappa shape index (κ3) is 5.45. The predicted octanol–water partition coefficient (Wildman–Crippen LogP) is -1.15. The molecule has 6 heteroatoms. The molecule has 0 aromatic carbocycles. The predicted molar refractivity (Wildman–Crippen MR) is 60.5 cm³/mol. The molecule has 1 heterocycles. The van der Waals surface area contributed by atoms with Crippen LogP contribution in [0.5, 0.6) is 0 Å². The largest absolute Gasteiger partial charge is 0.396 e. The van der Waals surface area contributed by atoms with Crippen LogP contribution in [0.2, 0.25) is 0 Å². The van der Waals surface area contributed by atoms with E-state index in [0.29, 0.717) is 45.9 Å². The molecule has 1 aliphatic rings. The molecule has 2 N–H and O–H groups in total. The number of nitrogens with zero attached hydrogens (tertiary/aromatic N) is 1. The van der Waals surface area contributed by atoms with Gasteiger partial charge in [0.25, 0.3) is 0 Å². The lowest BCUT2D eigenvalue weighted by Crippen LogP contribution is -2.29. The van der Waals surface area contributed by atoms with Crippen molar-refractivity contribution in [3.8, 4) is 0 Å². The first-order valence-electron chi connectivity index (χ1n) is 5.93. The fourth-order valence-corrected chi connectivity index (χ4v) is 1.75. The highest BCUT2D eigenvalue weighted by Gasteiger charge is 2.28. The highest BCUT2D eigenvalue weighted by molar-refractivity contribution is 5.78. The van der Waals surface area contributed by atoms with E-state index in [9.17, 15) is 4.79 Å². The Balaban J connectivity index is 1.98. The molecule has 1 amide bonds. The monoisotopic (exact) mass is 247 g/mol. The summed E-state index contributed by atoms with van der Waals surface area (Å²) in [4.78, 5) is 13.2. The maximum atomic E-state index is 11.5. The van der Waals surface area contributed by atoms with Gasteiger partial charge in [-0.2, -0.15) is 0 Å². The Hall–Kier alpha value is -0.690. The minimum Gasteiger partial charge on any atom is -0.396 e. The topological polar surface area (TPSA) is 79.2 Å². The fraction of sp³-hybridized carbons (Fsp3) is 0.909. The number of aliphatic hydroxyl groups is 2. The molecular formula is C11H21NO5. The van der Waals surface area contributed by atoms with E-state index in [2.05, 4.69) is 0 Å². The van der Waals surface area contributed by atoms with Gasteiger partial charge >= 0.3 is 0 Å². The van der Waals surface area contributed by atoms with Crippen LogP contribution in [-0.2, 0) is 14.3 Å². The average molecular weight is 247 g/mol. The Morgan fingerprint density at radius 3 is 2.47 bits per heavy atom. The number of carbonyl (C=O) groups is 1. The summed E-state index contributed by atoms with van der Waals surface area (Å²) in [5.74, 6) is 0.166. The smallest absolute Gasteiger partial charge is 0.223 e. The Morgan fingerprint density at radius 1 is 1.18 bits per heavy atom. The zero-order valence-corrected chi connectivity index (χ0v) is 10.0. The molecule has 0 saturated carbocycles. The Kier molecular flexibility index (Phi) is 7.11. The van der Waals surface area contributed by atoms with Gasteiger partial charge in [-0.3, -0.25) is 4.79 Å². The number of aliphatic hydroxyl groups excluding tert-OH is 2. The fourth-order valence-electron chi connectivity index (χ4n) is 1.75. The first-order chi connectivity index (χ1) is 8.27. The molecule has 1 fully saturated rings. The van der Waals surface area contributed by atoms with Crippen molar-refractivity contribution in [1.82, 2.24) is 4.90 Å². The van der Waals surface area contributed by atoms with Gasteiger partial charge in [0.05, 0.1) is 33.0 Å². The summed E-state index contributed by atoms with van der Waals surface area (Å²) in [6.07, 6.45) is 0.441. The number of likely N-dealkylation sites (tertiary alicyclic amines) is 1.